The minimum atomic E-state index is -0.733. The minimum absolute atomic E-state index is 0.184. The molecule has 2 aromatic rings. The number of carbonyl (C=O) groups is 4. The molecule has 2 amide bonds. The number of aldehydes is 1. The molecule has 2 rings (SSSR count). The first-order chi connectivity index (χ1) is 13.5. The highest BCUT2D eigenvalue weighted by Crippen LogP contribution is 2.10. The van der Waals surface area contributed by atoms with Crippen molar-refractivity contribution in [2.24, 2.45) is 0 Å². The van der Waals surface area contributed by atoms with Crippen molar-refractivity contribution in [3.05, 3.63) is 54.0 Å². The molecule has 9 nitrogen and oxygen atoms in total. The number of ether oxygens (including phenoxy) is 2. The Morgan fingerprint density at radius 1 is 1.14 bits per heavy atom. The second-order valence-corrected chi connectivity index (χ2v) is 5.74. The van der Waals surface area contributed by atoms with Crippen molar-refractivity contribution in [3.8, 4) is 5.75 Å². The maximum Gasteiger partial charge on any atom is 0.344 e. The Morgan fingerprint density at radius 3 is 2.54 bits per heavy atom. The lowest BCUT2D eigenvalue weighted by Crippen LogP contribution is -2.40. The lowest BCUT2D eigenvalue weighted by molar-refractivity contribution is -0.153. The fraction of sp³-hybridized carbons (Fsp3) is 0.263. The number of amides is 2. The number of rotatable bonds is 10. The molecule has 9 heteroatoms. The smallest absolute Gasteiger partial charge is 0.344 e. The fourth-order valence-corrected chi connectivity index (χ4v) is 2.04. The van der Waals surface area contributed by atoms with Crippen LogP contribution in [0.2, 0.25) is 0 Å². The summed E-state index contributed by atoms with van der Waals surface area (Å²) in [5.74, 6) is -0.655. The number of esters is 1. The summed E-state index contributed by atoms with van der Waals surface area (Å²) in [4.78, 5) is 47.1. The average Bonchev–Trinajstić information content (AvgIpc) is 3.22. The standard InChI is InChI=1S/C19H20N2O7/c1-21(10-17(23)20-9-16-3-2-8-26-16)18(24)12-28-19(25)13-27-15-6-4-14(11-22)5-7-15/h2-8,11H,9-10,12-13H2,1H3,(H,20,23). The van der Waals surface area contributed by atoms with E-state index in [1.54, 1.807) is 24.3 Å². The Balaban J connectivity index is 1.64. The molecule has 1 aromatic carbocycles. The van der Waals surface area contributed by atoms with E-state index in [2.05, 4.69) is 5.32 Å². The van der Waals surface area contributed by atoms with Gasteiger partial charge in [0.25, 0.3) is 5.91 Å². The second-order valence-electron chi connectivity index (χ2n) is 5.74. The van der Waals surface area contributed by atoms with Crippen LogP contribution >= 0.6 is 0 Å². The quantitative estimate of drug-likeness (QED) is 0.473. The highest BCUT2D eigenvalue weighted by atomic mass is 16.6. The molecule has 0 aliphatic rings. The van der Waals surface area contributed by atoms with Crippen molar-refractivity contribution >= 4 is 24.1 Å². The topological polar surface area (TPSA) is 115 Å². The molecule has 0 saturated heterocycles. The third-order valence-electron chi connectivity index (χ3n) is 3.58. The molecular weight excluding hydrogens is 368 g/mol. The van der Waals surface area contributed by atoms with Crippen LogP contribution in [-0.2, 0) is 25.7 Å². The van der Waals surface area contributed by atoms with Gasteiger partial charge in [0.05, 0.1) is 19.4 Å². The number of benzene rings is 1. The molecule has 0 bridgehead atoms. The zero-order valence-corrected chi connectivity index (χ0v) is 15.3. The number of likely N-dealkylation sites (N-methyl/N-ethyl adjacent to an activating group) is 1. The summed E-state index contributed by atoms with van der Waals surface area (Å²) in [6, 6.07) is 9.59. The van der Waals surface area contributed by atoms with Crippen molar-refractivity contribution < 1.29 is 33.1 Å². The molecule has 1 aromatic heterocycles. The summed E-state index contributed by atoms with van der Waals surface area (Å²) >= 11 is 0. The van der Waals surface area contributed by atoms with Crippen LogP contribution in [0.5, 0.6) is 5.75 Å². The Morgan fingerprint density at radius 2 is 1.89 bits per heavy atom. The second kappa shape index (κ2) is 10.5. The highest BCUT2D eigenvalue weighted by Gasteiger charge is 2.15. The Kier molecular flexibility index (Phi) is 7.77. The van der Waals surface area contributed by atoms with Crippen LogP contribution in [0.3, 0.4) is 0 Å². The number of furan rings is 1. The molecule has 0 aliphatic heterocycles. The summed E-state index contributed by atoms with van der Waals surface area (Å²) in [5, 5.41) is 2.61. The molecule has 0 aliphatic carbocycles. The monoisotopic (exact) mass is 388 g/mol. The summed E-state index contributed by atoms with van der Waals surface area (Å²) in [7, 11) is 1.42. The molecule has 1 N–H and O–H groups in total. The minimum Gasteiger partial charge on any atom is -0.482 e. The summed E-state index contributed by atoms with van der Waals surface area (Å²) < 4.78 is 15.1. The predicted octanol–water partition coefficient (Wildman–Crippen LogP) is 0.789. The molecule has 28 heavy (non-hydrogen) atoms. The number of hydrogen-bond donors (Lipinski definition) is 1. The maximum atomic E-state index is 11.9. The van der Waals surface area contributed by atoms with Crippen molar-refractivity contribution in [1.82, 2.24) is 10.2 Å². The van der Waals surface area contributed by atoms with Crippen LogP contribution in [0.1, 0.15) is 16.1 Å². The van der Waals surface area contributed by atoms with Crippen LogP contribution in [-0.4, -0.2) is 55.8 Å². The SMILES string of the molecule is CN(CC(=O)NCc1ccco1)C(=O)COC(=O)COc1ccc(C=O)cc1. The van der Waals surface area contributed by atoms with Gasteiger partial charge in [-0.15, -0.1) is 0 Å². The Labute approximate surface area is 161 Å². The van der Waals surface area contributed by atoms with Crippen LogP contribution in [0, 0.1) is 0 Å². The molecule has 1 heterocycles. The molecular formula is C19H20N2O7. The van der Waals surface area contributed by atoms with E-state index in [0.29, 0.717) is 23.4 Å². The fourth-order valence-electron chi connectivity index (χ4n) is 2.04. The van der Waals surface area contributed by atoms with Gasteiger partial charge < -0.3 is 24.1 Å². The third kappa shape index (κ3) is 6.94. The van der Waals surface area contributed by atoms with E-state index in [9.17, 15) is 19.2 Å². The van der Waals surface area contributed by atoms with Crippen LogP contribution in [0.25, 0.3) is 0 Å². The van der Waals surface area contributed by atoms with Gasteiger partial charge in [-0.05, 0) is 36.4 Å². The number of nitrogens with zero attached hydrogens (tertiary/aromatic N) is 1. The van der Waals surface area contributed by atoms with Crippen molar-refractivity contribution in [2.45, 2.75) is 6.54 Å². The van der Waals surface area contributed by atoms with E-state index in [1.807, 2.05) is 0 Å². The Hall–Kier alpha value is -3.62. The maximum absolute atomic E-state index is 11.9. The van der Waals surface area contributed by atoms with E-state index < -0.39 is 18.5 Å². The molecule has 0 radical (unpaired) electrons. The lowest BCUT2D eigenvalue weighted by atomic mass is 10.2. The van der Waals surface area contributed by atoms with Gasteiger partial charge in [0, 0.05) is 12.6 Å². The Bertz CT molecular complexity index is 800. The van der Waals surface area contributed by atoms with E-state index >= 15 is 0 Å². The molecule has 0 saturated carbocycles. The summed E-state index contributed by atoms with van der Waals surface area (Å²) in [5.41, 5.74) is 0.483. The zero-order valence-electron chi connectivity index (χ0n) is 15.3. The summed E-state index contributed by atoms with van der Waals surface area (Å²) in [6.45, 7) is -0.861. The number of carbonyl (C=O) groups excluding carboxylic acids is 4. The van der Waals surface area contributed by atoms with Crippen molar-refractivity contribution in [3.63, 3.8) is 0 Å². The van der Waals surface area contributed by atoms with E-state index in [1.165, 1.54) is 25.4 Å². The van der Waals surface area contributed by atoms with Gasteiger partial charge in [-0.25, -0.2) is 4.79 Å². The van der Waals surface area contributed by atoms with E-state index in [-0.39, 0.29) is 25.6 Å². The molecule has 0 atom stereocenters. The number of nitrogens with one attached hydrogen (secondary N) is 1. The van der Waals surface area contributed by atoms with Gasteiger partial charge in [0.2, 0.25) is 5.91 Å². The van der Waals surface area contributed by atoms with Gasteiger partial charge in [-0.1, -0.05) is 0 Å². The van der Waals surface area contributed by atoms with Crippen molar-refractivity contribution in [2.75, 3.05) is 26.8 Å². The van der Waals surface area contributed by atoms with Gasteiger partial charge in [-0.3, -0.25) is 14.4 Å². The molecule has 148 valence electrons. The first-order valence-corrected chi connectivity index (χ1v) is 8.34. The molecule has 0 spiro atoms. The lowest BCUT2D eigenvalue weighted by Gasteiger charge is -2.16. The van der Waals surface area contributed by atoms with Crippen molar-refractivity contribution in [1.29, 1.82) is 0 Å². The zero-order chi connectivity index (χ0) is 20.4. The number of hydrogen-bond acceptors (Lipinski definition) is 7. The van der Waals surface area contributed by atoms with E-state index in [4.69, 9.17) is 13.9 Å². The van der Waals surface area contributed by atoms with Crippen LogP contribution in [0.15, 0.2) is 47.1 Å². The first-order valence-electron chi connectivity index (χ1n) is 8.34. The average molecular weight is 388 g/mol. The summed E-state index contributed by atoms with van der Waals surface area (Å²) in [6.07, 6.45) is 2.19. The van der Waals surface area contributed by atoms with Gasteiger partial charge >= 0.3 is 5.97 Å². The van der Waals surface area contributed by atoms with Crippen LogP contribution in [0.4, 0.5) is 0 Å². The van der Waals surface area contributed by atoms with Crippen LogP contribution < -0.4 is 10.1 Å². The largest absolute Gasteiger partial charge is 0.482 e. The van der Waals surface area contributed by atoms with Gasteiger partial charge in [0.1, 0.15) is 17.8 Å². The normalized spacial score (nSPS) is 10.0. The van der Waals surface area contributed by atoms with Gasteiger partial charge in [-0.2, -0.15) is 0 Å². The predicted molar refractivity (Wildman–Crippen MR) is 96.5 cm³/mol. The molecule has 0 fully saturated rings. The van der Waals surface area contributed by atoms with E-state index in [0.717, 1.165) is 4.90 Å². The third-order valence-corrected chi connectivity index (χ3v) is 3.58. The molecule has 0 unspecified atom stereocenters. The first kappa shape index (κ1) is 20.7. The van der Waals surface area contributed by atoms with Gasteiger partial charge in [0.15, 0.2) is 13.2 Å². The highest BCUT2D eigenvalue weighted by molar-refractivity contribution is 5.86.